The van der Waals surface area contributed by atoms with E-state index in [0.717, 1.165) is 19.3 Å². The molecule has 1 aliphatic carbocycles. The maximum Gasteiger partial charge on any atom is 0.115 e. The number of benzene rings is 3. The van der Waals surface area contributed by atoms with E-state index in [1.54, 1.807) is 24.3 Å². The molecular formula is C25H26O2. The van der Waals surface area contributed by atoms with Gasteiger partial charge in [-0.2, -0.15) is 0 Å². The van der Waals surface area contributed by atoms with E-state index >= 15 is 0 Å². The second-order valence-corrected chi connectivity index (χ2v) is 7.85. The summed E-state index contributed by atoms with van der Waals surface area (Å²) in [7, 11) is 0. The fourth-order valence-electron chi connectivity index (χ4n) is 4.96. The van der Waals surface area contributed by atoms with Gasteiger partial charge in [-0.15, -0.1) is 0 Å². The zero-order valence-electron chi connectivity index (χ0n) is 15.7. The highest BCUT2D eigenvalue weighted by Gasteiger charge is 2.44. The molecule has 0 aliphatic heterocycles. The van der Waals surface area contributed by atoms with Crippen LogP contribution in [0.15, 0.2) is 78.9 Å². The minimum absolute atomic E-state index is 0.104. The predicted octanol–water partition coefficient (Wildman–Crippen LogP) is 5.99. The molecule has 2 N–H and O–H groups in total. The molecule has 27 heavy (non-hydrogen) atoms. The third kappa shape index (κ3) is 3.21. The molecule has 138 valence electrons. The summed E-state index contributed by atoms with van der Waals surface area (Å²) in [6.07, 6.45) is 3.28. The predicted molar refractivity (Wildman–Crippen MR) is 109 cm³/mol. The molecule has 0 aromatic heterocycles. The Hall–Kier alpha value is -2.74. The first-order valence-electron chi connectivity index (χ1n) is 9.73. The summed E-state index contributed by atoms with van der Waals surface area (Å²) < 4.78 is 0. The van der Waals surface area contributed by atoms with E-state index in [0.29, 0.717) is 23.3 Å². The zero-order chi connectivity index (χ0) is 18.9. The molecule has 2 heteroatoms. The molecule has 2 atom stereocenters. The fraction of sp³-hybridized carbons (Fsp3) is 0.280. The van der Waals surface area contributed by atoms with Gasteiger partial charge in [-0.3, -0.25) is 0 Å². The molecule has 0 saturated heterocycles. The SMILES string of the molecule is CC1CC(c2ccccc2)CCC1(c1ccc(O)cc1)c1ccc(O)cc1. The van der Waals surface area contributed by atoms with Gasteiger partial charge in [0, 0.05) is 5.41 Å². The van der Waals surface area contributed by atoms with Crippen molar-refractivity contribution >= 4 is 0 Å². The maximum atomic E-state index is 9.77. The summed E-state index contributed by atoms with van der Waals surface area (Å²) in [4.78, 5) is 0. The van der Waals surface area contributed by atoms with Crippen LogP contribution in [0.4, 0.5) is 0 Å². The van der Waals surface area contributed by atoms with E-state index in [2.05, 4.69) is 61.5 Å². The van der Waals surface area contributed by atoms with Gasteiger partial charge < -0.3 is 10.2 Å². The van der Waals surface area contributed by atoms with Gasteiger partial charge in [0.15, 0.2) is 0 Å². The average molecular weight is 358 g/mol. The highest BCUT2D eigenvalue weighted by atomic mass is 16.3. The molecule has 1 aliphatic rings. The first-order chi connectivity index (χ1) is 13.1. The first-order valence-corrected chi connectivity index (χ1v) is 9.73. The van der Waals surface area contributed by atoms with Crippen molar-refractivity contribution in [2.24, 2.45) is 5.92 Å². The fourth-order valence-corrected chi connectivity index (χ4v) is 4.96. The Morgan fingerprint density at radius 3 is 1.74 bits per heavy atom. The Bertz CT molecular complexity index is 836. The van der Waals surface area contributed by atoms with Crippen LogP contribution in [-0.4, -0.2) is 10.2 Å². The quantitative estimate of drug-likeness (QED) is 0.604. The molecular weight excluding hydrogens is 332 g/mol. The molecule has 3 aromatic rings. The van der Waals surface area contributed by atoms with E-state index in [1.807, 2.05) is 0 Å². The van der Waals surface area contributed by atoms with Crippen molar-refractivity contribution in [1.82, 2.24) is 0 Å². The smallest absolute Gasteiger partial charge is 0.115 e. The van der Waals surface area contributed by atoms with E-state index in [9.17, 15) is 10.2 Å². The molecule has 0 amide bonds. The monoisotopic (exact) mass is 358 g/mol. The van der Waals surface area contributed by atoms with Gasteiger partial charge in [-0.25, -0.2) is 0 Å². The topological polar surface area (TPSA) is 40.5 Å². The molecule has 0 spiro atoms. The Morgan fingerprint density at radius 2 is 1.26 bits per heavy atom. The Kier molecular flexibility index (Phi) is 4.65. The summed E-state index contributed by atoms with van der Waals surface area (Å²) in [5.74, 6) is 1.60. The van der Waals surface area contributed by atoms with Crippen LogP contribution >= 0.6 is 0 Å². The molecule has 0 radical (unpaired) electrons. The number of phenols is 2. The van der Waals surface area contributed by atoms with Crippen molar-refractivity contribution in [2.75, 3.05) is 0 Å². The summed E-state index contributed by atoms with van der Waals surface area (Å²) in [5, 5.41) is 19.5. The van der Waals surface area contributed by atoms with Crippen LogP contribution in [0.3, 0.4) is 0 Å². The molecule has 0 bridgehead atoms. The summed E-state index contributed by atoms with van der Waals surface area (Å²) in [6, 6.07) is 26.2. The van der Waals surface area contributed by atoms with E-state index in [-0.39, 0.29) is 5.41 Å². The highest BCUT2D eigenvalue weighted by molar-refractivity contribution is 5.44. The highest BCUT2D eigenvalue weighted by Crippen LogP contribution is 2.52. The minimum Gasteiger partial charge on any atom is -0.508 e. The van der Waals surface area contributed by atoms with E-state index < -0.39 is 0 Å². The minimum atomic E-state index is -0.104. The third-order valence-electron chi connectivity index (χ3n) is 6.40. The van der Waals surface area contributed by atoms with Crippen LogP contribution in [0.2, 0.25) is 0 Å². The Morgan fingerprint density at radius 1 is 0.741 bits per heavy atom. The summed E-state index contributed by atoms with van der Waals surface area (Å²) in [6.45, 7) is 2.34. The van der Waals surface area contributed by atoms with Crippen LogP contribution in [-0.2, 0) is 5.41 Å². The average Bonchev–Trinajstić information content (AvgIpc) is 2.70. The van der Waals surface area contributed by atoms with Crippen molar-refractivity contribution in [3.05, 3.63) is 95.6 Å². The molecule has 3 aromatic carbocycles. The van der Waals surface area contributed by atoms with Crippen molar-refractivity contribution in [2.45, 2.75) is 37.5 Å². The van der Waals surface area contributed by atoms with Crippen molar-refractivity contribution < 1.29 is 10.2 Å². The Labute approximate surface area is 161 Å². The van der Waals surface area contributed by atoms with Crippen LogP contribution in [0.25, 0.3) is 0 Å². The lowest BCUT2D eigenvalue weighted by molar-refractivity contribution is 0.221. The van der Waals surface area contributed by atoms with Gasteiger partial charge in [0.05, 0.1) is 0 Å². The number of phenolic OH excluding ortho intramolecular Hbond substituents is 2. The number of rotatable bonds is 3. The second-order valence-electron chi connectivity index (χ2n) is 7.85. The van der Waals surface area contributed by atoms with Crippen LogP contribution < -0.4 is 0 Å². The standard InChI is InChI=1S/C25H26O2/c1-18-17-20(19-5-3-2-4-6-19)15-16-25(18,21-7-11-23(26)12-8-21)22-9-13-24(27)14-10-22/h2-14,18,20,26-27H,15-17H2,1H3. The van der Waals surface area contributed by atoms with Crippen LogP contribution in [0, 0.1) is 5.92 Å². The van der Waals surface area contributed by atoms with E-state index in [4.69, 9.17) is 0 Å². The summed E-state index contributed by atoms with van der Waals surface area (Å²) >= 11 is 0. The Balaban J connectivity index is 1.75. The van der Waals surface area contributed by atoms with Crippen molar-refractivity contribution in [3.63, 3.8) is 0 Å². The van der Waals surface area contributed by atoms with Crippen LogP contribution in [0.5, 0.6) is 11.5 Å². The molecule has 2 unspecified atom stereocenters. The van der Waals surface area contributed by atoms with Crippen molar-refractivity contribution in [1.29, 1.82) is 0 Å². The van der Waals surface area contributed by atoms with Gasteiger partial charge in [0.2, 0.25) is 0 Å². The molecule has 1 saturated carbocycles. The van der Waals surface area contributed by atoms with Gasteiger partial charge >= 0.3 is 0 Å². The number of hydrogen-bond acceptors (Lipinski definition) is 2. The lowest BCUT2D eigenvalue weighted by Gasteiger charge is -2.46. The van der Waals surface area contributed by atoms with Gasteiger partial charge in [0.25, 0.3) is 0 Å². The van der Waals surface area contributed by atoms with Crippen molar-refractivity contribution in [3.8, 4) is 11.5 Å². The van der Waals surface area contributed by atoms with Gasteiger partial charge in [0.1, 0.15) is 11.5 Å². The second kappa shape index (κ2) is 7.11. The van der Waals surface area contributed by atoms with Crippen LogP contribution in [0.1, 0.15) is 48.8 Å². The summed E-state index contributed by atoms with van der Waals surface area (Å²) in [5.41, 5.74) is 3.80. The number of aromatic hydroxyl groups is 2. The van der Waals surface area contributed by atoms with Gasteiger partial charge in [-0.1, -0.05) is 61.5 Å². The van der Waals surface area contributed by atoms with Gasteiger partial charge in [-0.05, 0) is 72.1 Å². The molecule has 1 fully saturated rings. The molecule has 0 heterocycles. The maximum absolute atomic E-state index is 9.77. The lowest BCUT2D eigenvalue weighted by Crippen LogP contribution is -2.39. The lowest BCUT2D eigenvalue weighted by atomic mass is 9.57. The normalized spacial score (nSPS) is 21.7. The first kappa shape index (κ1) is 17.7. The molecule has 4 rings (SSSR count). The largest absolute Gasteiger partial charge is 0.508 e. The number of hydrogen-bond donors (Lipinski definition) is 2. The third-order valence-corrected chi connectivity index (χ3v) is 6.40. The zero-order valence-corrected chi connectivity index (χ0v) is 15.7. The molecule has 2 nitrogen and oxygen atoms in total. The van der Waals surface area contributed by atoms with E-state index in [1.165, 1.54) is 16.7 Å².